The molecule has 0 unspecified atom stereocenters. The Hall–Kier alpha value is -1.93. The van der Waals surface area contributed by atoms with Crippen LogP contribution in [0.4, 0.5) is 0 Å². The molecule has 0 spiro atoms. The van der Waals surface area contributed by atoms with Crippen LogP contribution < -0.4 is 0 Å². The SMILES string of the molecule is Cc1ccc(C)c(C(=O)c2ccc(CN3CCC3)cc2)c1. The summed E-state index contributed by atoms with van der Waals surface area (Å²) in [7, 11) is 0. The zero-order valence-electron chi connectivity index (χ0n) is 12.7. The van der Waals surface area contributed by atoms with Crippen LogP contribution in [0.25, 0.3) is 0 Å². The van der Waals surface area contributed by atoms with E-state index in [4.69, 9.17) is 0 Å². The zero-order chi connectivity index (χ0) is 14.8. The van der Waals surface area contributed by atoms with Gasteiger partial charge in [-0.3, -0.25) is 9.69 Å². The average molecular weight is 279 g/mol. The summed E-state index contributed by atoms with van der Waals surface area (Å²) in [5.74, 6) is 0.117. The number of ketones is 1. The predicted molar refractivity (Wildman–Crippen MR) is 85.7 cm³/mol. The number of rotatable bonds is 4. The third-order valence-corrected chi connectivity index (χ3v) is 4.21. The van der Waals surface area contributed by atoms with Crippen LogP contribution in [0.1, 0.15) is 39.0 Å². The van der Waals surface area contributed by atoms with E-state index >= 15 is 0 Å². The maximum atomic E-state index is 12.6. The Balaban J connectivity index is 1.79. The van der Waals surface area contributed by atoms with Gasteiger partial charge in [-0.25, -0.2) is 0 Å². The summed E-state index contributed by atoms with van der Waals surface area (Å²) in [6, 6.07) is 14.1. The molecule has 0 saturated carbocycles. The van der Waals surface area contributed by atoms with E-state index in [9.17, 15) is 4.79 Å². The van der Waals surface area contributed by atoms with Gasteiger partial charge in [0.25, 0.3) is 0 Å². The lowest BCUT2D eigenvalue weighted by atomic mass is 9.96. The number of carbonyl (C=O) groups is 1. The number of carbonyl (C=O) groups excluding carboxylic acids is 1. The first-order valence-electron chi connectivity index (χ1n) is 7.57. The fraction of sp³-hybridized carbons (Fsp3) is 0.316. The van der Waals surface area contributed by atoms with Crippen molar-refractivity contribution in [3.63, 3.8) is 0 Å². The van der Waals surface area contributed by atoms with Crippen LogP contribution in [0.5, 0.6) is 0 Å². The second kappa shape index (κ2) is 5.82. The van der Waals surface area contributed by atoms with Crippen LogP contribution >= 0.6 is 0 Å². The van der Waals surface area contributed by atoms with E-state index < -0.39 is 0 Å². The summed E-state index contributed by atoms with van der Waals surface area (Å²) < 4.78 is 0. The minimum Gasteiger partial charge on any atom is -0.299 e. The van der Waals surface area contributed by atoms with Crippen molar-refractivity contribution >= 4 is 5.78 Å². The van der Waals surface area contributed by atoms with Crippen molar-refractivity contribution in [3.05, 3.63) is 70.3 Å². The first kappa shape index (κ1) is 14.0. The minimum atomic E-state index is 0.117. The molecule has 0 aliphatic carbocycles. The van der Waals surface area contributed by atoms with Crippen molar-refractivity contribution in [3.8, 4) is 0 Å². The van der Waals surface area contributed by atoms with Crippen molar-refractivity contribution in [1.82, 2.24) is 4.90 Å². The quantitative estimate of drug-likeness (QED) is 0.795. The van der Waals surface area contributed by atoms with Gasteiger partial charge >= 0.3 is 0 Å². The number of nitrogens with zero attached hydrogens (tertiary/aromatic N) is 1. The third-order valence-electron chi connectivity index (χ3n) is 4.21. The maximum Gasteiger partial charge on any atom is 0.193 e. The van der Waals surface area contributed by atoms with Crippen LogP contribution in [0.2, 0.25) is 0 Å². The largest absolute Gasteiger partial charge is 0.299 e. The van der Waals surface area contributed by atoms with E-state index in [0.717, 1.165) is 28.8 Å². The molecule has 0 aromatic heterocycles. The smallest absolute Gasteiger partial charge is 0.193 e. The van der Waals surface area contributed by atoms with E-state index in [2.05, 4.69) is 17.0 Å². The molecular formula is C19H21NO. The fourth-order valence-electron chi connectivity index (χ4n) is 2.70. The molecule has 1 aliphatic rings. The van der Waals surface area contributed by atoms with E-state index in [-0.39, 0.29) is 5.78 Å². The van der Waals surface area contributed by atoms with Crippen LogP contribution in [0.15, 0.2) is 42.5 Å². The Morgan fingerprint density at radius 1 is 1.05 bits per heavy atom. The van der Waals surface area contributed by atoms with Gasteiger partial charge in [-0.15, -0.1) is 0 Å². The first-order valence-corrected chi connectivity index (χ1v) is 7.57. The van der Waals surface area contributed by atoms with Crippen molar-refractivity contribution in [1.29, 1.82) is 0 Å². The molecule has 1 heterocycles. The van der Waals surface area contributed by atoms with Gasteiger partial charge in [-0.2, -0.15) is 0 Å². The standard InChI is InChI=1S/C19H21NO/c1-14-4-5-15(2)18(12-14)19(21)17-8-6-16(7-9-17)13-20-10-3-11-20/h4-9,12H,3,10-11,13H2,1-2H3. The summed E-state index contributed by atoms with van der Waals surface area (Å²) in [5, 5.41) is 0. The van der Waals surface area contributed by atoms with Crippen molar-refractivity contribution in [2.45, 2.75) is 26.8 Å². The molecular weight excluding hydrogens is 258 g/mol. The van der Waals surface area contributed by atoms with Gasteiger partial charge in [0.15, 0.2) is 5.78 Å². The Labute approximate surface area is 126 Å². The van der Waals surface area contributed by atoms with Gasteiger partial charge in [0.2, 0.25) is 0 Å². The summed E-state index contributed by atoms with van der Waals surface area (Å²) in [4.78, 5) is 15.0. The Kier molecular flexibility index (Phi) is 3.89. The number of hydrogen-bond acceptors (Lipinski definition) is 2. The topological polar surface area (TPSA) is 20.3 Å². The molecule has 108 valence electrons. The molecule has 0 radical (unpaired) electrons. The van der Waals surface area contributed by atoms with E-state index in [1.165, 1.54) is 25.1 Å². The molecule has 1 fully saturated rings. The first-order chi connectivity index (χ1) is 10.1. The molecule has 0 N–H and O–H groups in total. The Morgan fingerprint density at radius 2 is 1.76 bits per heavy atom. The van der Waals surface area contributed by atoms with Crippen molar-refractivity contribution in [2.75, 3.05) is 13.1 Å². The highest BCUT2D eigenvalue weighted by Crippen LogP contribution is 2.18. The highest BCUT2D eigenvalue weighted by molar-refractivity contribution is 6.10. The summed E-state index contributed by atoms with van der Waals surface area (Å²) >= 11 is 0. The van der Waals surface area contributed by atoms with E-state index in [1.807, 2.05) is 44.2 Å². The summed E-state index contributed by atoms with van der Waals surface area (Å²) in [6.45, 7) is 7.40. The fourth-order valence-corrected chi connectivity index (χ4v) is 2.70. The number of likely N-dealkylation sites (tertiary alicyclic amines) is 1. The van der Waals surface area contributed by atoms with Crippen molar-refractivity contribution in [2.24, 2.45) is 0 Å². The van der Waals surface area contributed by atoms with Crippen LogP contribution in [0, 0.1) is 13.8 Å². The highest BCUT2D eigenvalue weighted by Gasteiger charge is 2.15. The van der Waals surface area contributed by atoms with E-state index in [0.29, 0.717) is 0 Å². The van der Waals surface area contributed by atoms with E-state index in [1.54, 1.807) is 0 Å². The molecule has 0 atom stereocenters. The predicted octanol–water partition coefficient (Wildman–Crippen LogP) is 3.74. The molecule has 1 aliphatic heterocycles. The second-order valence-electron chi connectivity index (χ2n) is 5.97. The van der Waals surface area contributed by atoms with Gasteiger partial charge in [-0.1, -0.05) is 42.0 Å². The van der Waals surface area contributed by atoms with Gasteiger partial charge < -0.3 is 0 Å². The zero-order valence-corrected chi connectivity index (χ0v) is 12.7. The second-order valence-corrected chi connectivity index (χ2v) is 5.97. The molecule has 2 aromatic carbocycles. The van der Waals surface area contributed by atoms with Gasteiger partial charge in [-0.05, 0) is 50.6 Å². The number of hydrogen-bond donors (Lipinski definition) is 0. The van der Waals surface area contributed by atoms with Gasteiger partial charge in [0.1, 0.15) is 0 Å². The molecule has 2 nitrogen and oxygen atoms in total. The summed E-state index contributed by atoms with van der Waals surface area (Å²) in [5.41, 5.74) is 5.03. The van der Waals surface area contributed by atoms with Crippen LogP contribution in [0.3, 0.4) is 0 Å². The Bertz CT molecular complexity index is 654. The molecule has 2 aromatic rings. The highest BCUT2D eigenvalue weighted by atomic mass is 16.1. The van der Waals surface area contributed by atoms with Gasteiger partial charge in [0, 0.05) is 17.7 Å². The molecule has 3 rings (SSSR count). The lowest BCUT2D eigenvalue weighted by molar-refractivity contribution is 0.103. The molecule has 21 heavy (non-hydrogen) atoms. The minimum absolute atomic E-state index is 0.117. The number of aryl methyl sites for hydroxylation is 2. The van der Waals surface area contributed by atoms with Crippen LogP contribution in [-0.4, -0.2) is 23.8 Å². The van der Waals surface area contributed by atoms with Crippen molar-refractivity contribution < 1.29 is 4.79 Å². The Morgan fingerprint density at radius 3 is 2.38 bits per heavy atom. The monoisotopic (exact) mass is 279 g/mol. The summed E-state index contributed by atoms with van der Waals surface area (Å²) in [6.07, 6.45) is 1.31. The normalized spacial score (nSPS) is 14.8. The lowest BCUT2D eigenvalue weighted by Crippen LogP contribution is -2.36. The third kappa shape index (κ3) is 3.06. The van der Waals surface area contributed by atoms with Gasteiger partial charge in [0.05, 0.1) is 0 Å². The molecule has 2 heteroatoms. The van der Waals surface area contributed by atoms with Crippen LogP contribution in [-0.2, 0) is 6.54 Å². The average Bonchev–Trinajstić information content (AvgIpc) is 2.45. The number of benzene rings is 2. The molecule has 0 amide bonds. The molecule has 0 bridgehead atoms. The lowest BCUT2D eigenvalue weighted by Gasteiger charge is -2.30. The maximum absolute atomic E-state index is 12.6. The molecule has 1 saturated heterocycles.